The fraction of sp³-hybridized carbons (Fsp3) is 0.533. The Hall–Kier alpha value is -10.1. The van der Waals surface area contributed by atoms with Crippen molar-refractivity contribution in [1.82, 2.24) is 45.1 Å². The highest BCUT2D eigenvalue weighted by molar-refractivity contribution is 7.91. The van der Waals surface area contributed by atoms with Crippen molar-refractivity contribution in [3.05, 3.63) is 129 Å². The molecule has 8 N–H and O–H groups in total. The molecule has 4 saturated carbocycles. The Labute approximate surface area is 754 Å². The Kier molecular flexibility index (Phi) is 30.0. The highest BCUT2D eigenvalue weighted by Gasteiger charge is 2.64. The summed E-state index contributed by atoms with van der Waals surface area (Å²) in [6.45, 7) is 25.3. The monoisotopic (exact) mass is 1880 g/mol. The van der Waals surface area contributed by atoms with E-state index in [1.165, 1.54) is 32.5 Å². The number of hydrogen-bond acceptors (Lipinski definition) is 22. The maximum Gasteiger partial charge on any atom is 0.416 e. The zero-order valence-electron chi connectivity index (χ0n) is 73.1. The summed E-state index contributed by atoms with van der Waals surface area (Å²) in [4.78, 5) is 107. The fourth-order valence-electron chi connectivity index (χ4n) is 16.0. The van der Waals surface area contributed by atoms with Crippen LogP contribution in [0, 0.1) is 48.1 Å². The van der Waals surface area contributed by atoms with E-state index in [4.69, 9.17) is 44.0 Å². The van der Waals surface area contributed by atoms with Crippen molar-refractivity contribution in [1.29, 1.82) is 0 Å². The smallest absolute Gasteiger partial charge is 0.416 e. The number of primary sulfonamides is 1. The zero-order valence-corrected chi connectivity index (χ0v) is 76.3. The summed E-state index contributed by atoms with van der Waals surface area (Å²) in [6.07, 6.45) is -7.82. The summed E-state index contributed by atoms with van der Waals surface area (Å²) >= 11 is 2.85. The van der Waals surface area contributed by atoms with Crippen molar-refractivity contribution in [2.75, 3.05) is 37.9 Å². The molecule has 0 unspecified atom stereocenters. The van der Waals surface area contributed by atoms with Crippen LogP contribution in [0.1, 0.15) is 208 Å². The van der Waals surface area contributed by atoms with Gasteiger partial charge in [-0.15, -0.1) is 22.7 Å². The predicted molar refractivity (Wildman–Crippen MR) is 478 cm³/mol. The number of hydrogen-bond donors (Lipinski definition) is 7. The molecular weight excluding hydrogens is 1770 g/mol. The highest BCUT2D eigenvalue weighted by atomic mass is 32.2. The van der Waals surface area contributed by atoms with E-state index in [0.29, 0.717) is 110 Å². The van der Waals surface area contributed by atoms with Crippen LogP contribution in [0.5, 0.6) is 23.0 Å². The number of benzene rings is 4. The predicted octanol–water partition coefficient (Wildman–Crippen LogP) is 16.6. The van der Waals surface area contributed by atoms with Gasteiger partial charge in [-0.2, -0.15) is 26.3 Å². The number of thiazole rings is 2. The van der Waals surface area contributed by atoms with Crippen molar-refractivity contribution < 1.29 is 105 Å². The van der Waals surface area contributed by atoms with Gasteiger partial charge >= 0.3 is 18.3 Å². The lowest BCUT2D eigenvalue weighted by Gasteiger charge is -2.36. The van der Waals surface area contributed by atoms with E-state index in [1.54, 1.807) is 92.2 Å². The first kappa shape index (κ1) is 101. The van der Waals surface area contributed by atoms with Gasteiger partial charge in [0.1, 0.15) is 103 Å². The standard InChI is InChI=1S/C44H52F4N6O7S2.C41H47F4N5O6S.C3H7NO2S.2CH4/c1-9-24-19-43(24,41(57)53-63(58,59)29-10-11-29)52-38(55)33-17-28(20-54(33)40(56)37(42(5,6)7)49-27-15-25(44(46,47)48)14-26(45)16-27)61-35-18-31(39-51-32(21-62-39)22(2)3)50-36-23(4)34(60-8)13-12-30(35)36;1-9-22-17-40(22,38(53)54)49-35(51)30-15-26(18-50(30)37(52)34(39(5,6)7)46-25-13-23(41(43,44)45)12-24(42)14-25)56-32-16-28(36-48-29(19-57-36)20(2)3)47-33-21(4)31(55-8)11-10-27(32)33;4-7(5,6)3-1-2-3;;/h12-16,18,21-22,24,28-29,33,37,49H,9-11,17,19-20H2,1-8H3,(H,52,55)(H,53,57);10-14,16,19-20,22,26,30,34,46H,9,15,17-18H2,1-8H3,(H,49,51)(H,53,54);3H,1-2H2,(H2,4,5,6);2*1H4/t24-,28-,33+,37-,43-;22-,26-,30+,34-,40-;;;/m11.../s1. The third-order valence-corrected chi connectivity index (χ3v) is 28.8. The van der Waals surface area contributed by atoms with Gasteiger partial charge in [0.25, 0.3) is 5.91 Å². The third-order valence-electron chi connectivity index (χ3n) is 23.8. The Balaban J connectivity index is 0.000000246. The molecule has 4 aliphatic carbocycles. The van der Waals surface area contributed by atoms with Gasteiger partial charge in [0.05, 0.1) is 71.4 Å². The minimum Gasteiger partial charge on any atom is -0.496 e. The van der Waals surface area contributed by atoms with Crippen LogP contribution in [-0.4, -0.2) is 172 Å². The van der Waals surface area contributed by atoms with Crippen LogP contribution in [0.25, 0.3) is 43.2 Å². The van der Waals surface area contributed by atoms with E-state index >= 15 is 0 Å². The number of fused-ring (bicyclic) bond motifs is 2. The van der Waals surface area contributed by atoms with E-state index in [9.17, 15) is 85.8 Å². The van der Waals surface area contributed by atoms with Gasteiger partial charge in [0.2, 0.25) is 43.7 Å². The number of aryl methyl sites for hydroxylation is 2. The average Bonchev–Trinajstić information content (AvgIpc) is 1.57. The van der Waals surface area contributed by atoms with Crippen LogP contribution < -0.4 is 50.1 Å². The number of nitrogens with one attached hydrogen (secondary N) is 5. The molecule has 14 rings (SSSR count). The van der Waals surface area contributed by atoms with Crippen LogP contribution in [0.3, 0.4) is 0 Å². The van der Waals surface area contributed by atoms with Gasteiger partial charge in [0, 0.05) is 69.0 Å². The second-order valence-electron chi connectivity index (χ2n) is 36.2. The van der Waals surface area contributed by atoms with Crippen molar-refractivity contribution in [2.24, 2.45) is 27.8 Å². The van der Waals surface area contributed by atoms with Gasteiger partial charge < -0.3 is 55.1 Å². The number of alkyl halides is 6. The molecule has 129 heavy (non-hydrogen) atoms. The summed E-state index contributed by atoms with van der Waals surface area (Å²) in [5.41, 5.74) is -2.62. The molecule has 4 aromatic heterocycles. The summed E-state index contributed by atoms with van der Waals surface area (Å²) in [5, 5.41) is 31.6. The number of rotatable bonds is 27. The lowest BCUT2D eigenvalue weighted by atomic mass is 9.85. The SMILES string of the molecule is C.C.CC[C@@H]1C[C@]1(NC(=O)[C@@H]1C[C@@H](Oc2cc(-c3nc(C(C)C)cs3)nc3c(C)c(OC)ccc23)CN1C(=O)[C@@H](Nc1cc(F)cc(C(F)(F)F)c1)C(C)(C)C)C(=O)NS(=O)(=O)C1CC1.CC[C@@H]1C[C@]1(NC(=O)[C@@H]1C[C@@H](Oc2cc(-c3nc(C(C)C)cs3)nc3c(C)c(OC)ccc23)CN1C(=O)[C@@H](Nc1cc(F)cc(C(F)(F)F)c1)C(C)(C)C)C(=O)O.NS(=O)(=O)C1CC1. The number of carbonyl (C=O) groups is 6. The topological polar surface area (TPSA) is 372 Å². The maximum atomic E-state index is 14.9. The lowest BCUT2D eigenvalue weighted by molar-refractivity contribution is -0.146. The van der Waals surface area contributed by atoms with E-state index in [-0.39, 0.29) is 88.0 Å². The number of aromatic nitrogens is 4. The van der Waals surface area contributed by atoms with Crippen LogP contribution in [0.4, 0.5) is 46.5 Å². The summed E-state index contributed by atoms with van der Waals surface area (Å²) in [5.74, 6) is -5.55. The largest absolute Gasteiger partial charge is 0.496 e. The zero-order chi connectivity index (χ0) is 93.2. The molecule has 10 atom stereocenters. The average molecular weight is 1880 g/mol. The molecule has 39 heteroatoms. The van der Waals surface area contributed by atoms with Crippen LogP contribution in [-0.2, 0) is 61.2 Å². The quantitative estimate of drug-likeness (QED) is 0.0235. The van der Waals surface area contributed by atoms with Gasteiger partial charge in [-0.05, 0) is 148 Å². The van der Waals surface area contributed by atoms with Crippen LogP contribution in [0.2, 0.25) is 0 Å². The molecule has 8 aromatic rings. The molecule has 6 heterocycles. The number of carboxylic acid groups (broad SMARTS) is 1. The molecule has 6 fully saturated rings. The van der Waals surface area contributed by atoms with E-state index in [2.05, 4.69) is 26.0 Å². The van der Waals surface area contributed by atoms with Crippen molar-refractivity contribution in [2.45, 2.75) is 258 Å². The Morgan fingerprint density at radius 1 is 0.566 bits per heavy atom. The number of pyridine rings is 2. The minimum absolute atomic E-state index is 0. The van der Waals surface area contributed by atoms with E-state index < -0.39 is 160 Å². The highest BCUT2D eigenvalue weighted by Crippen LogP contribution is 2.50. The van der Waals surface area contributed by atoms with Gasteiger partial charge in [-0.25, -0.2) is 55.5 Å². The molecule has 0 bridgehead atoms. The lowest BCUT2D eigenvalue weighted by Crippen LogP contribution is -2.58. The second-order valence-corrected chi connectivity index (χ2v) is 41.7. The summed E-state index contributed by atoms with van der Waals surface area (Å²) in [6, 6.07) is 9.46. The number of ether oxygens (including phenoxy) is 4. The molecule has 0 radical (unpaired) electrons. The van der Waals surface area contributed by atoms with Gasteiger partial charge in [-0.3, -0.25) is 28.7 Å². The minimum atomic E-state index is -4.88. The summed E-state index contributed by atoms with van der Waals surface area (Å²) in [7, 11) is -3.99. The maximum absolute atomic E-state index is 14.9. The number of amides is 5. The molecule has 704 valence electrons. The number of aliphatic carboxylic acids is 1. The molecule has 4 aromatic carbocycles. The third kappa shape index (κ3) is 22.6. The van der Waals surface area contributed by atoms with Crippen molar-refractivity contribution in [3.8, 4) is 44.4 Å². The van der Waals surface area contributed by atoms with Crippen molar-refractivity contribution in [3.63, 3.8) is 0 Å². The number of anilines is 2. The Morgan fingerprint density at radius 2 is 0.946 bits per heavy atom. The Morgan fingerprint density at radius 3 is 1.26 bits per heavy atom. The Bertz CT molecular complexity index is 5800. The molecular formula is C90H114F8N12O15S4. The molecule has 5 amide bonds. The van der Waals surface area contributed by atoms with Gasteiger partial charge in [-0.1, -0.05) is 111 Å². The molecule has 6 aliphatic rings. The first-order valence-corrected chi connectivity index (χ1v) is 46.7. The number of nitrogens with two attached hydrogens (primary N) is 1. The second kappa shape index (κ2) is 38.4. The molecule has 0 spiro atoms. The normalized spacial score (nSPS) is 21.4. The van der Waals surface area contributed by atoms with Gasteiger partial charge in [0.15, 0.2) is 0 Å². The number of halogens is 8. The first-order chi connectivity index (χ1) is 59.2. The van der Waals surface area contributed by atoms with Crippen molar-refractivity contribution >= 4 is 111 Å². The number of methoxy groups -OCH3 is 2. The molecule has 2 saturated heterocycles. The number of carboxylic acids is 1. The number of sulfonamides is 2. The van der Waals surface area contributed by atoms with Crippen LogP contribution in [0.15, 0.2) is 83.6 Å². The first-order valence-electron chi connectivity index (χ1n) is 41.8. The molecule has 2 aliphatic heterocycles. The number of likely N-dealkylation sites (tertiary alicyclic amines) is 2. The fourth-order valence-corrected chi connectivity index (χ4v) is 20.0. The van der Waals surface area contributed by atoms with E-state index in [0.717, 1.165) is 53.6 Å². The number of carbonyl (C=O) groups excluding carboxylic acids is 5. The van der Waals surface area contributed by atoms with Crippen LogP contribution >= 0.6 is 22.7 Å². The molecule has 27 nitrogen and oxygen atoms in total. The summed E-state index contributed by atoms with van der Waals surface area (Å²) < 4.78 is 184. The number of nitrogens with zero attached hydrogens (tertiary/aromatic N) is 6. The van der Waals surface area contributed by atoms with E-state index in [1.807, 2.05) is 66.2 Å².